The molecule has 0 aliphatic carbocycles. The second kappa shape index (κ2) is 6.74. The van der Waals surface area contributed by atoms with E-state index >= 15 is 0 Å². The maximum Gasteiger partial charge on any atom is 0.269 e. The van der Waals surface area contributed by atoms with Gasteiger partial charge in [-0.25, -0.2) is 15.0 Å². The van der Waals surface area contributed by atoms with Crippen molar-refractivity contribution < 1.29 is 4.74 Å². The van der Waals surface area contributed by atoms with Gasteiger partial charge in [0, 0.05) is 6.61 Å². The highest BCUT2D eigenvalue weighted by molar-refractivity contribution is 6.04. The van der Waals surface area contributed by atoms with Crippen molar-refractivity contribution in [2.24, 2.45) is 0 Å². The van der Waals surface area contributed by atoms with E-state index in [1.54, 1.807) is 10.9 Å². The highest BCUT2D eigenvalue weighted by Crippen LogP contribution is 2.27. The minimum absolute atomic E-state index is 0.0930. The Morgan fingerprint density at radius 3 is 2.50 bits per heavy atom. The summed E-state index contributed by atoms with van der Waals surface area (Å²) >= 11 is 0. The molecule has 0 saturated carbocycles. The van der Waals surface area contributed by atoms with Gasteiger partial charge in [0.2, 0.25) is 0 Å². The van der Waals surface area contributed by atoms with E-state index in [0.29, 0.717) is 28.7 Å². The Bertz CT molecular complexity index is 1450. The number of aromatic nitrogens is 5. The predicted molar refractivity (Wildman–Crippen MR) is 115 cm³/mol. The zero-order chi connectivity index (χ0) is 20.1. The summed E-state index contributed by atoms with van der Waals surface area (Å²) in [5.41, 5.74) is 4.05. The molecule has 6 rings (SSSR count). The molecule has 0 spiro atoms. The quantitative estimate of drug-likeness (QED) is 0.466. The summed E-state index contributed by atoms with van der Waals surface area (Å²) in [6.07, 6.45) is 3.72. The zero-order valence-electron chi connectivity index (χ0n) is 16.2. The van der Waals surface area contributed by atoms with Crippen molar-refractivity contribution >= 4 is 33.2 Å². The molecule has 1 aliphatic heterocycles. The second-order valence-corrected chi connectivity index (χ2v) is 7.58. The summed E-state index contributed by atoms with van der Waals surface area (Å²) in [6, 6.07) is 17.2. The highest BCUT2D eigenvalue weighted by atomic mass is 16.5. The predicted octanol–water partition coefficient (Wildman–Crippen LogP) is 3.46. The molecule has 30 heavy (non-hydrogen) atoms. The average Bonchev–Trinajstić information content (AvgIpc) is 3.40. The van der Waals surface area contributed by atoms with Crippen LogP contribution in [0.3, 0.4) is 0 Å². The number of para-hydroxylation sites is 3. The Balaban J connectivity index is 1.69. The number of benzene rings is 2. The summed E-state index contributed by atoms with van der Waals surface area (Å²) in [7, 11) is 0. The van der Waals surface area contributed by atoms with Crippen LogP contribution in [0.15, 0.2) is 65.7 Å². The molecule has 1 aliphatic rings. The largest absolute Gasteiger partial charge is 0.376 e. The molecular weight excluding hydrogens is 378 g/mol. The summed E-state index contributed by atoms with van der Waals surface area (Å²) < 4.78 is 9.42. The summed E-state index contributed by atoms with van der Waals surface area (Å²) in [5, 5.41) is 0.493. The van der Waals surface area contributed by atoms with E-state index in [-0.39, 0.29) is 11.7 Å². The lowest BCUT2D eigenvalue weighted by atomic mass is 10.2. The van der Waals surface area contributed by atoms with Crippen molar-refractivity contribution in [3.8, 4) is 5.69 Å². The van der Waals surface area contributed by atoms with Gasteiger partial charge in [-0.05, 0) is 37.1 Å². The molecule has 4 heterocycles. The van der Waals surface area contributed by atoms with Gasteiger partial charge >= 0.3 is 0 Å². The first-order valence-electron chi connectivity index (χ1n) is 10.1. The van der Waals surface area contributed by atoms with Gasteiger partial charge in [0.1, 0.15) is 17.2 Å². The molecule has 2 aromatic carbocycles. The van der Waals surface area contributed by atoms with E-state index in [2.05, 4.69) is 4.98 Å². The normalized spacial score (nSPS) is 16.7. The molecule has 0 radical (unpaired) electrons. The Morgan fingerprint density at radius 1 is 0.967 bits per heavy atom. The minimum atomic E-state index is -0.146. The van der Waals surface area contributed by atoms with Crippen molar-refractivity contribution in [3.05, 3.63) is 71.3 Å². The van der Waals surface area contributed by atoms with Gasteiger partial charge in [0.25, 0.3) is 5.56 Å². The van der Waals surface area contributed by atoms with E-state index in [0.717, 1.165) is 36.2 Å². The molecule has 0 N–H and O–H groups in total. The molecule has 7 heteroatoms. The van der Waals surface area contributed by atoms with Gasteiger partial charge < -0.3 is 9.30 Å². The first-order chi connectivity index (χ1) is 14.8. The molecule has 148 valence electrons. The molecule has 1 atom stereocenters. The van der Waals surface area contributed by atoms with Crippen LogP contribution in [-0.4, -0.2) is 36.8 Å². The van der Waals surface area contributed by atoms with Crippen molar-refractivity contribution in [2.45, 2.75) is 25.5 Å². The molecule has 7 nitrogen and oxygen atoms in total. The van der Waals surface area contributed by atoms with E-state index in [9.17, 15) is 4.79 Å². The first-order valence-corrected chi connectivity index (χ1v) is 10.1. The summed E-state index contributed by atoms with van der Waals surface area (Å²) in [4.78, 5) is 27.9. The van der Waals surface area contributed by atoms with Crippen molar-refractivity contribution in [3.63, 3.8) is 0 Å². The Kier molecular flexibility index (Phi) is 3.89. The highest BCUT2D eigenvalue weighted by Gasteiger charge is 2.24. The molecule has 3 aromatic heterocycles. The Labute approximate surface area is 171 Å². The third-order valence-corrected chi connectivity index (χ3v) is 5.70. The fourth-order valence-electron chi connectivity index (χ4n) is 4.24. The second-order valence-electron chi connectivity index (χ2n) is 7.58. The minimum Gasteiger partial charge on any atom is -0.376 e. The Morgan fingerprint density at radius 2 is 1.73 bits per heavy atom. The summed E-state index contributed by atoms with van der Waals surface area (Å²) in [6.45, 7) is 1.37. The number of hydrogen-bond acceptors (Lipinski definition) is 5. The van der Waals surface area contributed by atoms with Crippen molar-refractivity contribution in [1.29, 1.82) is 0 Å². The fourth-order valence-corrected chi connectivity index (χ4v) is 4.24. The molecule has 1 saturated heterocycles. The number of nitrogens with zero attached hydrogens (tertiary/aromatic N) is 5. The maximum atomic E-state index is 13.5. The number of rotatable bonds is 3. The lowest BCUT2D eigenvalue weighted by molar-refractivity contribution is 0.0987. The van der Waals surface area contributed by atoms with Gasteiger partial charge in [-0.2, -0.15) is 0 Å². The van der Waals surface area contributed by atoms with E-state index in [1.807, 2.05) is 59.2 Å². The third kappa shape index (κ3) is 2.63. The van der Waals surface area contributed by atoms with Crippen LogP contribution in [0.5, 0.6) is 0 Å². The van der Waals surface area contributed by atoms with Gasteiger partial charge in [0.05, 0.1) is 29.4 Å². The van der Waals surface area contributed by atoms with Crippen LogP contribution in [0.4, 0.5) is 0 Å². The Hall–Kier alpha value is -3.58. The van der Waals surface area contributed by atoms with Crippen LogP contribution in [-0.2, 0) is 11.3 Å². The van der Waals surface area contributed by atoms with Crippen LogP contribution in [0.1, 0.15) is 12.8 Å². The number of hydrogen-bond donors (Lipinski definition) is 0. The smallest absolute Gasteiger partial charge is 0.269 e. The van der Waals surface area contributed by atoms with E-state index in [4.69, 9.17) is 14.7 Å². The SMILES string of the molecule is O=c1c2c3nc4ccccc4nc3n(C[C@H]3CCCO3)c2ncn1-c1ccccc1. The van der Waals surface area contributed by atoms with Gasteiger partial charge in [-0.15, -0.1) is 0 Å². The van der Waals surface area contributed by atoms with Crippen LogP contribution >= 0.6 is 0 Å². The third-order valence-electron chi connectivity index (χ3n) is 5.70. The topological polar surface area (TPSA) is 74.8 Å². The lowest BCUT2D eigenvalue weighted by Gasteiger charge is -2.12. The fraction of sp³-hybridized carbons (Fsp3) is 0.217. The molecular formula is C23H19N5O2. The summed E-state index contributed by atoms with van der Waals surface area (Å²) in [5.74, 6) is 0. The average molecular weight is 397 g/mol. The van der Waals surface area contributed by atoms with Crippen LogP contribution in [0, 0.1) is 0 Å². The van der Waals surface area contributed by atoms with E-state index < -0.39 is 0 Å². The molecule has 0 bridgehead atoms. The van der Waals surface area contributed by atoms with Gasteiger partial charge in [-0.1, -0.05) is 30.3 Å². The number of ether oxygens (including phenoxy) is 1. The van der Waals surface area contributed by atoms with E-state index in [1.165, 1.54) is 0 Å². The monoisotopic (exact) mass is 397 g/mol. The van der Waals surface area contributed by atoms with Crippen molar-refractivity contribution in [1.82, 2.24) is 24.1 Å². The van der Waals surface area contributed by atoms with Crippen LogP contribution < -0.4 is 5.56 Å². The molecule has 0 unspecified atom stereocenters. The lowest BCUT2D eigenvalue weighted by Crippen LogP contribution is -2.20. The number of fused-ring (bicyclic) bond motifs is 4. The zero-order valence-corrected chi connectivity index (χ0v) is 16.2. The molecule has 0 amide bonds. The molecule has 1 fully saturated rings. The molecule has 5 aromatic rings. The standard InChI is InChI=1S/C23H19N5O2/c29-23-19-20-22(26-18-11-5-4-10-17(18)25-20)27(13-16-9-6-12-30-16)21(19)24-14-28(23)15-7-2-1-3-8-15/h1-5,7-8,10-11,14,16H,6,9,12-13H2/t16-/m1/s1. The maximum absolute atomic E-state index is 13.5. The van der Waals surface area contributed by atoms with Crippen LogP contribution in [0.2, 0.25) is 0 Å². The van der Waals surface area contributed by atoms with Crippen LogP contribution in [0.25, 0.3) is 38.9 Å². The van der Waals surface area contributed by atoms with Gasteiger partial charge in [-0.3, -0.25) is 9.36 Å². The van der Waals surface area contributed by atoms with Gasteiger partial charge in [0.15, 0.2) is 11.3 Å². The van der Waals surface area contributed by atoms with Crippen molar-refractivity contribution in [2.75, 3.05) is 6.61 Å². The first kappa shape index (κ1) is 17.3.